The van der Waals surface area contributed by atoms with Crippen molar-refractivity contribution in [2.24, 2.45) is 0 Å². The van der Waals surface area contributed by atoms with Gasteiger partial charge in [-0.1, -0.05) is 18.2 Å². The van der Waals surface area contributed by atoms with Crippen LogP contribution in [0.15, 0.2) is 34.1 Å². The van der Waals surface area contributed by atoms with Gasteiger partial charge < -0.3 is 4.74 Å². The van der Waals surface area contributed by atoms with Crippen LogP contribution in [0, 0.1) is 6.07 Å². The summed E-state index contributed by atoms with van der Waals surface area (Å²) in [6.07, 6.45) is 6.74. The molecule has 2 atom stereocenters. The van der Waals surface area contributed by atoms with Crippen LogP contribution < -0.4 is 0 Å². The van der Waals surface area contributed by atoms with Gasteiger partial charge in [-0.15, -0.1) is 25.3 Å². The van der Waals surface area contributed by atoms with Gasteiger partial charge in [-0.3, -0.25) is 0 Å². The third-order valence-electron chi connectivity index (χ3n) is 3.15. The van der Waals surface area contributed by atoms with E-state index in [0.29, 0.717) is 6.10 Å². The molecule has 2 bridgehead atoms. The van der Waals surface area contributed by atoms with Crippen LogP contribution in [-0.2, 0) is 10.3 Å². The van der Waals surface area contributed by atoms with Crippen LogP contribution in [0.1, 0.15) is 18.4 Å². The van der Waals surface area contributed by atoms with E-state index in [1.165, 1.54) is 0 Å². The summed E-state index contributed by atoms with van der Waals surface area (Å²) in [6, 6.07) is 6.94. The lowest BCUT2D eigenvalue weighted by Gasteiger charge is -2.25. The van der Waals surface area contributed by atoms with Crippen LogP contribution in [-0.4, -0.2) is 6.10 Å². The summed E-state index contributed by atoms with van der Waals surface area (Å²) in [6.45, 7) is 0. The fourth-order valence-corrected chi connectivity index (χ4v) is 2.90. The Labute approximate surface area is 100 Å². The first-order valence-electron chi connectivity index (χ1n) is 5.01. The molecule has 0 N–H and O–H groups in total. The molecular formula is C12H11OS2. The quantitative estimate of drug-likeness (QED) is 0.562. The number of benzene rings is 1. The smallest absolute Gasteiger partial charge is 0.113 e. The second-order valence-corrected chi connectivity index (χ2v) is 4.93. The monoisotopic (exact) mass is 235 g/mol. The van der Waals surface area contributed by atoms with Crippen molar-refractivity contribution in [3.8, 4) is 0 Å². The Kier molecular flexibility index (Phi) is 2.16. The van der Waals surface area contributed by atoms with Crippen LogP contribution >= 0.6 is 25.3 Å². The summed E-state index contributed by atoms with van der Waals surface area (Å²) in [5, 5.41) is 0. The molecule has 2 aliphatic heterocycles. The predicted molar refractivity (Wildman–Crippen MR) is 64.7 cm³/mol. The van der Waals surface area contributed by atoms with Gasteiger partial charge in [-0.25, -0.2) is 0 Å². The van der Waals surface area contributed by atoms with Gasteiger partial charge in [0.1, 0.15) is 5.60 Å². The SMILES string of the molecule is Sc1[c]ccc(C23C=CC(CC2)O3)c1S. The third kappa shape index (κ3) is 1.37. The van der Waals surface area contributed by atoms with Crippen molar-refractivity contribution in [1.29, 1.82) is 0 Å². The second-order valence-electron chi connectivity index (χ2n) is 4.03. The zero-order valence-electron chi connectivity index (χ0n) is 8.10. The molecule has 77 valence electrons. The van der Waals surface area contributed by atoms with E-state index in [0.717, 1.165) is 28.2 Å². The highest BCUT2D eigenvalue weighted by Gasteiger charge is 2.44. The van der Waals surface area contributed by atoms with Crippen molar-refractivity contribution in [2.45, 2.75) is 34.3 Å². The highest BCUT2D eigenvalue weighted by atomic mass is 32.1. The van der Waals surface area contributed by atoms with E-state index < -0.39 is 0 Å². The largest absolute Gasteiger partial charge is 0.359 e. The minimum Gasteiger partial charge on any atom is -0.359 e. The Morgan fingerprint density at radius 3 is 2.93 bits per heavy atom. The number of ether oxygens (including phenoxy) is 1. The molecule has 0 amide bonds. The lowest BCUT2D eigenvalue weighted by atomic mass is 9.88. The molecule has 2 aliphatic rings. The van der Waals surface area contributed by atoms with Crippen molar-refractivity contribution in [1.82, 2.24) is 0 Å². The topological polar surface area (TPSA) is 9.23 Å². The minimum atomic E-state index is -0.242. The van der Waals surface area contributed by atoms with E-state index in [9.17, 15) is 0 Å². The Morgan fingerprint density at radius 1 is 1.47 bits per heavy atom. The molecule has 0 aromatic heterocycles. The molecule has 1 radical (unpaired) electrons. The zero-order chi connectivity index (χ0) is 10.5. The van der Waals surface area contributed by atoms with Gasteiger partial charge >= 0.3 is 0 Å². The molecule has 1 nitrogen and oxygen atoms in total. The fourth-order valence-electron chi connectivity index (χ4n) is 2.37. The number of thiol groups is 2. The maximum Gasteiger partial charge on any atom is 0.113 e. The lowest BCUT2D eigenvalue weighted by molar-refractivity contribution is 0.0275. The van der Waals surface area contributed by atoms with Gasteiger partial charge in [0.25, 0.3) is 0 Å². The molecule has 15 heavy (non-hydrogen) atoms. The van der Waals surface area contributed by atoms with Crippen LogP contribution in [0.4, 0.5) is 0 Å². The highest BCUT2D eigenvalue weighted by Crippen LogP contribution is 2.48. The van der Waals surface area contributed by atoms with E-state index in [4.69, 9.17) is 4.74 Å². The molecule has 3 heteroatoms. The average molecular weight is 235 g/mol. The van der Waals surface area contributed by atoms with Crippen molar-refractivity contribution >= 4 is 25.3 Å². The number of rotatable bonds is 1. The van der Waals surface area contributed by atoms with E-state index in [-0.39, 0.29) is 5.60 Å². The molecule has 0 aliphatic carbocycles. The fraction of sp³-hybridized carbons (Fsp3) is 0.333. The molecular weight excluding hydrogens is 224 g/mol. The third-order valence-corrected chi connectivity index (χ3v) is 4.14. The van der Waals surface area contributed by atoms with Crippen molar-refractivity contribution in [3.63, 3.8) is 0 Å². The maximum atomic E-state index is 5.97. The van der Waals surface area contributed by atoms with Gasteiger partial charge in [-0.05, 0) is 25.0 Å². The van der Waals surface area contributed by atoms with Gasteiger partial charge in [-0.2, -0.15) is 0 Å². The van der Waals surface area contributed by atoms with Crippen molar-refractivity contribution in [2.75, 3.05) is 0 Å². The molecule has 0 saturated carbocycles. The molecule has 2 heterocycles. The summed E-state index contributed by atoms with van der Waals surface area (Å²) >= 11 is 8.83. The van der Waals surface area contributed by atoms with E-state index >= 15 is 0 Å². The summed E-state index contributed by atoms with van der Waals surface area (Å²) < 4.78 is 5.97. The number of hydrogen-bond donors (Lipinski definition) is 2. The summed E-state index contributed by atoms with van der Waals surface area (Å²) in [4.78, 5) is 1.67. The molecule has 1 saturated heterocycles. The standard InChI is InChI=1S/C12H11OS2/c14-10-3-1-2-9(11(10)15)12-6-4-8(13-12)5-7-12/h1-2,4,6,8,14-15H,5,7H2. The average Bonchev–Trinajstić information content (AvgIpc) is 2.83. The molecule has 1 aromatic rings. The van der Waals surface area contributed by atoms with Crippen molar-refractivity contribution < 1.29 is 4.74 Å². The van der Waals surface area contributed by atoms with E-state index in [1.54, 1.807) is 0 Å². The second kappa shape index (κ2) is 3.30. The maximum absolute atomic E-state index is 5.97. The molecule has 3 rings (SSSR count). The first kappa shape index (κ1) is 9.82. The summed E-state index contributed by atoms with van der Waals surface area (Å²) in [5.41, 5.74) is 0.875. The Balaban J connectivity index is 2.13. The van der Waals surface area contributed by atoms with E-state index in [2.05, 4.69) is 43.5 Å². The van der Waals surface area contributed by atoms with E-state index in [1.807, 2.05) is 12.1 Å². The highest BCUT2D eigenvalue weighted by molar-refractivity contribution is 7.83. The number of hydrogen-bond acceptors (Lipinski definition) is 3. The first-order valence-corrected chi connectivity index (χ1v) is 5.91. The number of fused-ring (bicyclic) bond motifs is 2. The predicted octanol–water partition coefficient (Wildman–Crippen LogP) is 3.01. The Bertz CT molecular complexity index is 441. The summed E-state index contributed by atoms with van der Waals surface area (Å²) in [7, 11) is 0. The van der Waals surface area contributed by atoms with Gasteiger partial charge in [0.15, 0.2) is 0 Å². The normalized spacial score (nSPS) is 32.5. The van der Waals surface area contributed by atoms with Gasteiger partial charge in [0, 0.05) is 15.4 Å². The lowest BCUT2D eigenvalue weighted by Crippen LogP contribution is -2.20. The van der Waals surface area contributed by atoms with Gasteiger partial charge in [0.2, 0.25) is 0 Å². The molecule has 0 spiro atoms. The molecule has 1 fully saturated rings. The van der Waals surface area contributed by atoms with Crippen LogP contribution in [0.2, 0.25) is 0 Å². The van der Waals surface area contributed by atoms with Crippen molar-refractivity contribution in [3.05, 3.63) is 35.9 Å². The summed E-state index contributed by atoms with van der Waals surface area (Å²) in [5.74, 6) is 0. The zero-order valence-corrected chi connectivity index (χ0v) is 9.89. The Hall–Kier alpha value is -0.380. The molecule has 2 unspecified atom stereocenters. The minimum absolute atomic E-state index is 0.242. The van der Waals surface area contributed by atoms with Gasteiger partial charge in [0.05, 0.1) is 6.10 Å². The van der Waals surface area contributed by atoms with Crippen LogP contribution in [0.25, 0.3) is 0 Å². The van der Waals surface area contributed by atoms with Crippen LogP contribution in [0.5, 0.6) is 0 Å². The first-order chi connectivity index (χ1) is 7.21. The molecule has 1 aromatic carbocycles. The Morgan fingerprint density at radius 2 is 2.33 bits per heavy atom. The van der Waals surface area contributed by atoms with Crippen LogP contribution in [0.3, 0.4) is 0 Å².